The molecule has 0 fully saturated rings. The van der Waals surface area contributed by atoms with Gasteiger partial charge in [0, 0.05) is 6.07 Å². The SMILES string of the molecule is CC.CCC.CCc1ccc(S(=O)(=O)O)cc1OC. The van der Waals surface area contributed by atoms with Gasteiger partial charge in [-0.05, 0) is 18.1 Å². The Labute approximate surface area is 117 Å². The first-order valence-corrected chi connectivity index (χ1v) is 7.99. The standard InChI is InChI=1S/C9H12O4S.C3H8.C2H6/c1-3-7-4-5-8(14(10,11)12)6-9(7)13-2;1-3-2;1-2/h4-6H,3H2,1-2H3,(H,10,11,12);3H2,1-2H3;1-2H3. The van der Waals surface area contributed by atoms with Crippen molar-refractivity contribution < 1.29 is 17.7 Å². The molecular formula is C14H26O4S. The van der Waals surface area contributed by atoms with E-state index in [1.165, 1.54) is 25.7 Å². The number of methoxy groups -OCH3 is 1. The topological polar surface area (TPSA) is 63.6 Å². The Morgan fingerprint density at radius 3 is 1.95 bits per heavy atom. The molecular weight excluding hydrogens is 264 g/mol. The quantitative estimate of drug-likeness (QED) is 0.856. The van der Waals surface area contributed by atoms with Gasteiger partial charge >= 0.3 is 0 Å². The molecule has 4 nitrogen and oxygen atoms in total. The van der Waals surface area contributed by atoms with Gasteiger partial charge in [-0.1, -0.05) is 47.1 Å². The van der Waals surface area contributed by atoms with Crippen LogP contribution in [0.1, 0.15) is 46.6 Å². The number of benzene rings is 1. The smallest absolute Gasteiger partial charge is 0.294 e. The van der Waals surface area contributed by atoms with Crippen molar-refractivity contribution in [3.8, 4) is 5.75 Å². The lowest BCUT2D eigenvalue weighted by Gasteiger charge is -2.07. The molecule has 0 saturated heterocycles. The molecule has 0 aromatic heterocycles. The van der Waals surface area contributed by atoms with Gasteiger partial charge < -0.3 is 4.74 Å². The van der Waals surface area contributed by atoms with E-state index >= 15 is 0 Å². The highest BCUT2D eigenvalue weighted by molar-refractivity contribution is 7.85. The molecule has 0 atom stereocenters. The van der Waals surface area contributed by atoms with Crippen molar-refractivity contribution in [1.29, 1.82) is 0 Å². The van der Waals surface area contributed by atoms with E-state index in [-0.39, 0.29) is 4.90 Å². The van der Waals surface area contributed by atoms with Gasteiger partial charge in [0.05, 0.1) is 12.0 Å². The minimum absolute atomic E-state index is 0.147. The normalized spacial score (nSPS) is 9.63. The third-order valence-corrected chi connectivity index (χ3v) is 2.79. The summed E-state index contributed by atoms with van der Waals surface area (Å²) >= 11 is 0. The van der Waals surface area contributed by atoms with E-state index in [0.29, 0.717) is 5.75 Å². The van der Waals surface area contributed by atoms with E-state index in [1.807, 2.05) is 20.8 Å². The van der Waals surface area contributed by atoms with Crippen molar-refractivity contribution in [1.82, 2.24) is 0 Å². The second kappa shape index (κ2) is 10.8. The van der Waals surface area contributed by atoms with E-state index in [2.05, 4.69) is 13.8 Å². The Hall–Kier alpha value is -1.07. The molecule has 0 aliphatic heterocycles. The van der Waals surface area contributed by atoms with Crippen molar-refractivity contribution in [3.05, 3.63) is 23.8 Å². The van der Waals surface area contributed by atoms with E-state index in [4.69, 9.17) is 9.29 Å². The van der Waals surface area contributed by atoms with Gasteiger partial charge in [-0.15, -0.1) is 0 Å². The van der Waals surface area contributed by atoms with Crippen LogP contribution in [0.4, 0.5) is 0 Å². The van der Waals surface area contributed by atoms with E-state index in [0.717, 1.165) is 12.0 Å². The number of ether oxygens (including phenoxy) is 1. The molecule has 19 heavy (non-hydrogen) atoms. The third-order valence-electron chi connectivity index (χ3n) is 1.94. The van der Waals surface area contributed by atoms with Gasteiger partial charge in [-0.2, -0.15) is 8.42 Å². The van der Waals surface area contributed by atoms with E-state index < -0.39 is 10.1 Å². The fraction of sp³-hybridized carbons (Fsp3) is 0.571. The van der Waals surface area contributed by atoms with Crippen LogP contribution in [0.3, 0.4) is 0 Å². The minimum Gasteiger partial charge on any atom is -0.496 e. The summed E-state index contributed by atoms with van der Waals surface area (Å²) in [5.41, 5.74) is 0.903. The minimum atomic E-state index is -4.14. The van der Waals surface area contributed by atoms with Crippen LogP contribution in [0.2, 0.25) is 0 Å². The molecule has 0 heterocycles. The van der Waals surface area contributed by atoms with E-state index in [9.17, 15) is 8.42 Å². The molecule has 112 valence electrons. The lowest BCUT2D eigenvalue weighted by atomic mass is 10.1. The van der Waals surface area contributed by atoms with Gasteiger partial charge in [0.1, 0.15) is 5.75 Å². The molecule has 0 aliphatic rings. The summed E-state index contributed by atoms with van der Waals surface area (Å²) < 4.78 is 35.4. The van der Waals surface area contributed by atoms with Crippen LogP contribution in [0, 0.1) is 0 Å². The molecule has 1 aromatic carbocycles. The number of hydrogen-bond acceptors (Lipinski definition) is 3. The molecule has 1 rings (SSSR count). The van der Waals surface area contributed by atoms with Gasteiger partial charge in [0.15, 0.2) is 0 Å². The van der Waals surface area contributed by atoms with Crippen LogP contribution in [-0.4, -0.2) is 20.1 Å². The average Bonchev–Trinajstić information content (AvgIpc) is 2.40. The predicted molar refractivity (Wildman–Crippen MR) is 79.5 cm³/mol. The monoisotopic (exact) mass is 290 g/mol. The largest absolute Gasteiger partial charge is 0.496 e. The van der Waals surface area contributed by atoms with Crippen LogP contribution in [0.5, 0.6) is 5.75 Å². The number of rotatable bonds is 3. The van der Waals surface area contributed by atoms with Crippen molar-refractivity contribution >= 4 is 10.1 Å². The Balaban J connectivity index is 0. The summed E-state index contributed by atoms with van der Waals surface area (Å²) in [6.45, 7) is 10.2. The maximum atomic E-state index is 10.8. The van der Waals surface area contributed by atoms with Crippen molar-refractivity contribution in [2.24, 2.45) is 0 Å². The second-order valence-electron chi connectivity index (χ2n) is 3.51. The van der Waals surface area contributed by atoms with Gasteiger partial charge in [-0.3, -0.25) is 4.55 Å². The van der Waals surface area contributed by atoms with Crippen LogP contribution in [0.25, 0.3) is 0 Å². The Morgan fingerprint density at radius 2 is 1.63 bits per heavy atom. The molecule has 0 unspecified atom stereocenters. The summed E-state index contributed by atoms with van der Waals surface area (Å²) in [7, 11) is -2.68. The van der Waals surface area contributed by atoms with Crippen molar-refractivity contribution in [3.63, 3.8) is 0 Å². The van der Waals surface area contributed by atoms with Crippen LogP contribution in [0.15, 0.2) is 23.1 Å². The maximum absolute atomic E-state index is 10.8. The highest BCUT2D eigenvalue weighted by Crippen LogP contribution is 2.22. The molecule has 5 heteroatoms. The number of aryl methyl sites for hydroxylation is 1. The molecule has 0 amide bonds. The fourth-order valence-electron chi connectivity index (χ4n) is 1.18. The summed E-state index contributed by atoms with van der Waals surface area (Å²) in [6.07, 6.45) is 1.99. The molecule has 0 spiro atoms. The van der Waals surface area contributed by atoms with E-state index in [1.54, 1.807) is 6.07 Å². The predicted octanol–water partition coefficient (Wildman–Crippen LogP) is 3.95. The zero-order chi connectivity index (χ0) is 15.5. The first-order valence-electron chi connectivity index (χ1n) is 6.55. The first kappa shape index (κ1) is 20.3. The highest BCUT2D eigenvalue weighted by atomic mass is 32.2. The Morgan fingerprint density at radius 1 is 1.16 bits per heavy atom. The Kier molecular flexibility index (Phi) is 11.5. The number of hydrogen-bond donors (Lipinski definition) is 1. The molecule has 1 aromatic rings. The Bertz CT molecular complexity index is 439. The molecule has 0 aliphatic carbocycles. The summed E-state index contributed by atoms with van der Waals surface area (Å²) in [4.78, 5) is -0.147. The third kappa shape index (κ3) is 7.85. The summed E-state index contributed by atoms with van der Waals surface area (Å²) in [5.74, 6) is 0.475. The lowest BCUT2D eigenvalue weighted by molar-refractivity contribution is 0.408. The molecule has 0 radical (unpaired) electrons. The van der Waals surface area contributed by atoms with Gasteiger partial charge in [-0.25, -0.2) is 0 Å². The maximum Gasteiger partial charge on any atom is 0.294 e. The van der Waals surface area contributed by atoms with Crippen molar-refractivity contribution in [2.75, 3.05) is 7.11 Å². The lowest BCUT2D eigenvalue weighted by Crippen LogP contribution is -2.00. The van der Waals surface area contributed by atoms with Crippen LogP contribution in [-0.2, 0) is 16.5 Å². The highest BCUT2D eigenvalue weighted by Gasteiger charge is 2.12. The fourth-order valence-corrected chi connectivity index (χ4v) is 1.67. The van der Waals surface area contributed by atoms with Gasteiger partial charge in [0.2, 0.25) is 0 Å². The average molecular weight is 290 g/mol. The molecule has 0 saturated carbocycles. The van der Waals surface area contributed by atoms with Crippen LogP contribution < -0.4 is 4.74 Å². The second-order valence-corrected chi connectivity index (χ2v) is 4.93. The molecule has 1 N–H and O–H groups in total. The van der Waals surface area contributed by atoms with Gasteiger partial charge in [0.25, 0.3) is 10.1 Å². The summed E-state index contributed by atoms with van der Waals surface area (Å²) in [6, 6.07) is 4.30. The zero-order valence-electron chi connectivity index (χ0n) is 12.7. The summed E-state index contributed by atoms with van der Waals surface area (Å²) in [5, 5.41) is 0. The molecule has 0 bridgehead atoms. The van der Waals surface area contributed by atoms with Crippen LogP contribution >= 0.6 is 0 Å². The zero-order valence-corrected chi connectivity index (χ0v) is 13.5. The first-order chi connectivity index (χ1) is 8.90. The van der Waals surface area contributed by atoms with Crippen molar-refractivity contribution in [2.45, 2.75) is 52.4 Å².